The maximum atomic E-state index is 14.0. The molecule has 1 N–H and O–H groups in total. The van der Waals surface area contributed by atoms with Crippen LogP contribution in [0.25, 0.3) is 11.1 Å². The molecule has 0 unspecified atom stereocenters. The first-order chi connectivity index (χ1) is 9.60. The highest BCUT2D eigenvalue weighted by Crippen LogP contribution is 2.24. The fraction of sp³-hybridized carbons (Fsp3) is 0.312. The van der Waals surface area contributed by atoms with Gasteiger partial charge in [0.15, 0.2) is 0 Å². The number of rotatable bonds is 5. The quantitative estimate of drug-likeness (QED) is 0.905. The van der Waals surface area contributed by atoms with Gasteiger partial charge in [-0.2, -0.15) is 0 Å². The van der Waals surface area contributed by atoms with E-state index in [1.807, 2.05) is 45.3 Å². The number of hydrogen-bond acceptors (Lipinski definition) is 3. The summed E-state index contributed by atoms with van der Waals surface area (Å²) in [7, 11) is 3.99. The molecule has 0 aliphatic heterocycles. The zero-order valence-electron chi connectivity index (χ0n) is 12.2. The lowest BCUT2D eigenvalue weighted by Gasteiger charge is -2.12. The Bertz CT molecular complexity index is 564. The Kier molecular flexibility index (Phi) is 4.69. The second kappa shape index (κ2) is 6.48. The molecule has 0 fully saturated rings. The van der Waals surface area contributed by atoms with Crippen LogP contribution < -0.4 is 5.32 Å². The number of nitrogens with one attached hydrogen (secondary N) is 1. The van der Waals surface area contributed by atoms with Crippen molar-refractivity contribution in [3.8, 4) is 11.1 Å². The minimum Gasteiger partial charge on any atom is -0.370 e. The van der Waals surface area contributed by atoms with Crippen molar-refractivity contribution in [2.75, 3.05) is 26.0 Å². The minimum absolute atomic E-state index is 0.217. The first-order valence-electron chi connectivity index (χ1n) is 6.73. The van der Waals surface area contributed by atoms with E-state index in [0.717, 1.165) is 30.0 Å². The Morgan fingerprint density at radius 2 is 2.00 bits per heavy atom. The smallest absolute Gasteiger partial charge is 0.131 e. The van der Waals surface area contributed by atoms with Gasteiger partial charge in [0.25, 0.3) is 0 Å². The predicted molar refractivity (Wildman–Crippen MR) is 81.2 cm³/mol. The van der Waals surface area contributed by atoms with Gasteiger partial charge in [0.05, 0.1) is 0 Å². The lowest BCUT2D eigenvalue weighted by molar-refractivity contribution is 0.402. The Morgan fingerprint density at radius 1 is 1.20 bits per heavy atom. The molecule has 0 radical (unpaired) electrons. The van der Waals surface area contributed by atoms with Crippen molar-refractivity contribution in [3.63, 3.8) is 0 Å². The second-order valence-corrected chi connectivity index (χ2v) is 5.01. The third kappa shape index (κ3) is 3.54. The predicted octanol–water partition coefficient (Wildman–Crippen LogP) is 3.38. The zero-order valence-corrected chi connectivity index (χ0v) is 12.2. The van der Waals surface area contributed by atoms with Crippen molar-refractivity contribution < 1.29 is 4.39 Å². The summed E-state index contributed by atoms with van der Waals surface area (Å²) < 4.78 is 14.0. The molecule has 1 aromatic carbocycles. The first-order valence-corrected chi connectivity index (χ1v) is 6.73. The van der Waals surface area contributed by atoms with E-state index in [9.17, 15) is 4.39 Å². The van der Waals surface area contributed by atoms with Crippen molar-refractivity contribution in [3.05, 3.63) is 47.9 Å². The highest BCUT2D eigenvalue weighted by Gasteiger charge is 2.07. The summed E-state index contributed by atoms with van der Waals surface area (Å²) in [5.74, 6) is 0.589. The van der Waals surface area contributed by atoms with E-state index in [-0.39, 0.29) is 5.82 Å². The molecule has 4 heteroatoms. The minimum atomic E-state index is -0.217. The van der Waals surface area contributed by atoms with E-state index in [0.29, 0.717) is 5.56 Å². The van der Waals surface area contributed by atoms with E-state index >= 15 is 0 Å². The van der Waals surface area contributed by atoms with Gasteiger partial charge in [-0.15, -0.1) is 0 Å². The van der Waals surface area contributed by atoms with E-state index in [4.69, 9.17) is 0 Å². The number of nitrogens with zero attached hydrogens (tertiary/aromatic N) is 2. The maximum Gasteiger partial charge on any atom is 0.131 e. The Balaban J connectivity index is 2.30. The molecule has 2 rings (SSSR count). The van der Waals surface area contributed by atoms with Crippen molar-refractivity contribution in [1.29, 1.82) is 0 Å². The van der Waals surface area contributed by atoms with Crippen LogP contribution in [0.2, 0.25) is 0 Å². The van der Waals surface area contributed by atoms with Gasteiger partial charge in [-0.3, -0.25) is 0 Å². The van der Waals surface area contributed by atoms with Crippen LogP contribution in [0, 0.1) is 5.82 Å². The van der Waals surface area contributed by atoms with Crippen LogP contribution in [0.3, 0.4) is 0 Å². The number of anilines is 1. The first kappa shape index (κ1) is 14.5. The summed E-state index contributed by atoms with van der Waals surface area (Å²) in [6.07, 6.45) is 1.70. The normalized spacial score (nSPS) is 10.8. The van der Waals surface area contributed by atoms with Gasteiger partial charge in [-0.25, -0.2) is 9.37 Å². The molecule has 1 aromatic heterocycles. The Hall–Kier alpha value is -1.94. The van der Waals surface area contributed by atoms with Gasteiger partial charge in [0.1, 0.15) is 11.6 Å². The number of halogens is 1. The molecule has 0 aliphatic carbocycles. The third-order valence-corrected chi connectivity index (χ3v) is 2.96. The Labute approximate surface area is 119 Å². The van der Waals surface area contributed by atoms with Gasteiger partial charge in [-0.1, -0.05) is 6.07 Å². The zero-order chi connectivity index (χ0) is 14.5. The number of hydrogen-bond donors (Lipinski definition) is 1. The molecule has 0 aliphatic rings. The fourth-order valence-electron chi connectivity index (χ4n) is 2.10. The molecule has 3 nitrogen and oxygen atoms in total. The summed E-state index contributed by atoms with van der Waals surface area (Å²) in [5.41, 5.74) is 2.48. The largest absolute Gasteiger partial charge is 0.370 e. The van der Waals surface area contributed by atoms with Gasteiger partial charge >= 0.3 is 0 Å². The highest BCUT2D eigenvalue weighted by atomic mass is 19.1. The molecular formula is C16H20FN3. The Morgan fingerprint density at radius 3 is 2.60 bits per heavy atom. The summed E-state index contributed by atoms with van der Waals surface area (Å²) in [5, 5.41) is 3.13. The van der Waals surface area contributed by atoms with Crippen molar-refractivity contribution in [1.82, 2.24) is 9.88 Å². The SMILES string of the molecule is CCNc1ccc(-c2cc(CN(C)C)ccc2F)cn1. The molecule has 2 aromatic rings. The van der Waals surface area contributed by atoms with Crippen molar-refractivity contribution >= 4 is 5.82 Å². The van der Waals surface area contributed by atoms with Crippen LogP contribution in [0.15, 0.2) is 36.5 Å². The number of pyridine rings is 1. The molecule has 20 heavy (non-hydrogen) atoms. The number of benzene rings is 1. The highest BCUT2D eigenvalue weighted by molar-refractivity contribution is 5.65. The van der Waals surface area contributed by atoms with Crippen LogP contribution in [-0.2, 0) is 6.54 Å². The molecule has 0 atom stereocenters. The van der Waals surface area contributed by atoms with Gasteiger partial charge in [0, 0.05) is 30.4 Å². The average molecular weight is 273 g/mol. The number of aromatic nitrogens is 1. The summed E-state index contributed by atoms with van der Waals surface area (Å²) in [6, 6.07) is 8.99. The lowest BCUT2D eigenvalue weighted by atomic mass is 10.0. The van der Waals surface area contributed by atoms with E-state index in [1.165, 1.54) is 6.07 Å². The topological polar surface area (TPSA) is 28.2 Å². The van der Waals surface area contributed by atoms with Crippen LogP contribution in [-0.4, -0.2) is 30.5 Å². The summed E-state index contributed by atoms with van der Waals surface area (Å²) >= 11 is 0. The van der Waals surface area contributed by atoms with Crippen LogP contribution in [0.5, 0.6) is 0 Å². The van der Waals surface area contributed by atoms with E-state index in [2.05, 4.69) is 15.2 Å². The van der Waals surface area contributed by atoms with E-state index < -0.39 is 0 Å². The average Bonchev–Trinajstić information content (AvgIpc) is 2.42. The van der Waals surface area contributed by atoms with Crippen LogP contribution in [0.1, 0.15) is 12.5 Å². The monoisotopic (exact) mass is 273 g/mol. The van der Waals surface area contributed by atoms with Gasteiger partial charge in [0.2, 0.25) is 0 Å². The van der Waals surface area contributed by atoms with E-state index in [1.54, 1.807) is 6.20 Å². The summed E-state index contributed by atoms with van der Waals surface area (Å²) in [4.78, 5) is 6.35. The lowest BCUT2D eigenvalue weighted by Crippen LogP contribution is -2.10. The molecule has 106 valence electrons. The molecule has 0 amide bonds. The third-order valence-electron chi connectivity index (χ3n) is 2.96. The maximum absolute atomic E-state index is 14.0. The van der Waals surface area contributed by atoms with Gasteiger partial charge in [-0.05, 0) is 50.8 Å². The standard InChI is InChI=1S/C16H20FN3/c1-4-18-16-8-6-13(10-19-16)14-9-12(11-20(2)3)5-7-15(14)17/h5-10H,4,11H2,1-3H3,(H,18,19). The summed E-state index contributed by atoms with van der Waals surface area (Å²) in [6.45, 7) is 3.62. The molecule has 0 spiro atoms. The van der Waals surface area contributed by atoms with Crippen LogP contribution >= 0.6 is 0 Å². The molecule has 0 saturated heterocycles. The second-order valence-electron chi connectivity index (χ2n) is 5.01. The molecule has 0 saturated carbocycles. The molecule has 1 heterocycles. The molecular weight excluding hydrogens is 253 g/mol. The van der Waals surface area contributed by atoms with Crippen molar-refractivity contribution in [2.45, 2.75) is 13.5 Å². The van der Waals surface area contributed by atoms with Crippen molar-refractivity contribution in [2.24, 2.45) is 0 Å². The van der Waals surface area contributed by atoms with Gasteiger partial charge < -0.3 is 10.2 Å². The van der Waals surface area contributed by atoms with Crippen LogP contribution in [0.4, 0.5) is 10.2 Å². The molecule has 0 bridgehead atoms. The fourth-order valence-corrected chi connectivity index (χ4v) is 2.10.